The van der Waals surface area contributed by atoms with Crippen LogP contribution in [0.3, 0.4) is 0 Å². The van der Waals surface area contributed by atoms with Gasteiger partial charge in [0.2, 0.25) is 17.7 Å². The van der Waals surface area contributed by atoms with Crippen LogP contribution in [-0.2, 0) is 27.3 Å². The fourth-order valence-electron chi connectivity index (χ4n) is 5.66. The lowest BCUT2D eigenvalue weighted by atomic mass is 10.0. The van der Waals surface area contributed by atoms with Crippen molar-refractivity contribution in [1.82, 2.24) is 41.0 Å². The zero-order valence-electron chi connectivity index (χ0n) is 28.0. The molecule has 3 atom stereocenters. The minimum atomic E-state index is -1.38. The molecule has 0 aliphatic carbocycles. The number of aromatic amines is 1. The molecular weight excluding hydrogens is 656 g/mol. The van der Waals surface area contributed by atoms with Crippen molar-refractivity contribution in [3.05, 3.63) is 95.9 Å². The van der Waals surface area contributed by atoms with E-state index in [-0.39, 0.29) is 43.5 Å². The Morgan fingerprint density at radius 3 is 2.55 bits per heavy atom. The third-order valence-electron chi connectivity index (χ3n) is 8.34. The summed E-state index contributed by atoms with van der Waals surface area (Å²) < 4.78 is 12.5. The number of hydrogen-bond donors (Lipinski definition) is 6. The number of nitrogens with zero attached hydrogens (tertiary/aromatic N) is 3. The van der Waals surface area contributed by atoms with Gasteiger partial charge in [0, 0.05) is 22.9 Å². The Morgan fingerprint density at radius 1 is 1.02 bits per heavy atom. The number of aliphatic hydroxyl groups excluding tert-OH is 1. The predicted molar refractivity (Wildman–Crippen MR) is 186 cm³/mol. The second kappa shape index (κ2) is 15.6. The number of aliphatic hydroxyl groups is 1. The molecule has 15 nitrogen and oxygen atoms in total. The van der Waals surface area contributed by atoms with Crippen molar-refractivity contribution in [2.24, 2.45) is 0 Å². The van der Waals surface area contributed by atoms with Crippen molar-refractivity contribution in [2.45, 2.75) is 38.0 Å². The lowest BCUT2D eigenvalue weighted by Crippen LogP contribution is -2.56. The van der Waals surface area contributed by atoms with E-state index in [0.29, 0.717) is 34.0 Å². The maximum Gasteiger partial charge on any atom is 0.268 e. The number of ether oxygens (including phenoxy) is 2. The topological polar surface area (TPSA) is 202 Å². The second-order valence-corrected chi connectivity index (χ2v) is 12.0. The van der Waals surface area contributed by atoms with Crippen LogP contribution >= 0.6 is 0 Å². The van der Waals surface area contributed by atoms with Crippen molar-refractivity contribution in [1.29, 1.82) is 0 Å². The minimum absolute atomic E-state index is 0.0590. The van der Waals surface area contributed by atoms with Gasteiger partial charge in [-0.05, 0) is 48.9 Å². The van der Waals surface area contributed by atoms with E-state index in [2.05, 4.69) is 36.3 Å². The quantitative estimate of drug-likeness (QED) is 0.158. The van der Waals surface area contributed by atoms with E-state index < -0.39 is 42.5 Å². The molecule has 51 heavy (non-hydrogen) atoms. The number of rotatable bonds is 5. The average Bonchev–Trinajstić information content (AvgIpc) is 3.77. The van der Waals surface area contributed by atoms with Gasteiger partial charge in [-0.25, -0.2) is 9.67 Å². The molecule has 2 aromatic heterocycles. The molecule has 6 N–H and O–H groups in total. The highest BCUT2D eigenvalue weighted by Gasteiger charge is 2.29. The van der Waals surface area contributed by atoms with Crippen LogP contribution in [0, 0.1) is 0 Å². The Kier molecular flexibility index (Phi) is 10.6. The van der Waals surface area contributed by atoms with Crippen molar-refractivity contribution < 1.29 is 33.8 Å². The molecule has 0 radical (unpaired) electrons. The molecule has 0 saturated heterocycles. The number of fused-ring (bicyclic) bond motifs is 15. The molecule has 2 bridgehead atoms. The molecule has 0 spiro atoms. The first-order valence-corrected chi connectivity index (χ1v) is 16.4. The van der Waals surface area contributed by atoms with Crippen LogP contribution in [0.4, 0.5) is 0 Å². The summed E-state index contributed by atoms with van der Waals surface area (Å²) in [5.74, 6) is -0.483. The number of methoxy groups -OCH3 is 1. The zero-order valence-corrected chi connectivity index (χ0v) is 28.0. The lowest BCUT2D eigenvalue weighted by molar-refractivity contribution is -0.131. The molecule has 2 aliphatic heterocycles. The molecule has 4 heterocycles. The molecule has 15 heteroatoms. The van der Waals surface area contributed by atoms with Gasteiger partial charge < -0.3 is 40.8 Å². The normalized spacial score (nSPS) is 18.9. The summed E-state index contributed by atoms with van der Waals surface area (Å²) in [5, 5.41) is 26.5. The first-order valence-electron chi connectivity index (χ1n) is 16.4. The number of hydrogen-bond acceptors (Lipinski definition) is 9. The number of amides is 4. The van der Waals surface area contributed by atoms with Gasteiger partial charge in [-0.1, -0.05) is 42.5 Å². The first kappa shape index (κ1) is 34.6. The summed E-state index contributed by atoms with van der Waals surface area (Å²) in [5.41, 5.74) is 2.33. The molecule has 2 aliphatic rings. The van der Waals surface area contributed by atoms with Gasteiger partial charge >= 0.3 is 0 Å². The van der Waals surface area contributed by atoms with Gasteiger partial charge in [-0.3, -0.25) is 19.2 Å². The van der Waals surface area contributed by atoms with E-state index in [1.165, 1.54) is 4.68 Å². The van der Waals surface area contributed by atoms with Crippen LogP contribution in [0.2, 0.25) is 0 Å². The SMILES string of the molecule is COc1ccc2[nH]c(C(=O)N[C@H]3Cc4ccc(cc4)OCCNC(=O)Cn4nc(-c5ccccc5)nc4[C@H](C)NC(=O)[C@H](CO)NC3=O)cc2c1. The maximum absolute atomic E-state index is 13.8. The number of benzene rings is 3. The van der Waals surface area contributed by atoms with Crippen LogP contribution in [-0.4, -0.2) is 87.4 Å². The number of H-pyrrole nitrogens is 1. The molecule has 7 rings (SSSR count). The van der Waals surface area contributed by atoms with E-state index in [0.717, 1.165) is 5.39 Å². The molecule has 3 aromatic carbocycles. The monoisotopic (exact) mass is 694 g/mol. The van der Waals surface area contributed by atoms with Gasteiger partial charge in [0.25, 0.3) is 5.91 Å². The fourth-order valence-corrected chi connectivity index (χ4v) is 5.66. The van der Waals surface area contributed by atoms with Crippen LogP contribution in [0.1, 0.15) is 34.8 Å². The Labute approximate surface area is 292 Å². The molecule has 264 valence electrons. The summed E-state index contributed by atoms with van der Waals surface area (Å²) in [4.78, 5) is 61.3. The highest BCUT2D eigenvalue weighted by molar-refractivity contribution is 6.01. The second-order valence-electron chi connectivity index (χ2n) is 12.0. The van der Waals surface area contributed by atoms with Crippen LogP contribution in [0.15, 0.2) is 78.9 Å². The van der Waals surface area contributed by atoms with Crippen molar-refractivity contribution in [3.63, 3.8) is 0 Å². The van der Waals surface area contributed by atoms with Crippen LogP contribution in [0.5, 0.6) is 11.5 Å². The molecular formula is C36H38N8O7. The minimum Gasteiger partial charge on any atom is -0.497 e. The van der Waals surface area contributed by atoms with E-state index >= 15 is 0 Å². The van der Waals surface area contributed by atoms with Gasteiger partial charge in [-0.15, -0.1) is 0 Å². The summed E-state index contributed by atoms with van der Waals surface area (Å²) in [6, 6.07) is 19.8. The summed E-state index contributed by atoms with van der Waals surface area (Å²) in [6.07, 6.45) is 0.0590. The van der Waals surface area contributed by atoms with Gasteiger partial charge in [-0.2, -0.15) is 5.10 Å². The molecule has 0 unspecified atom stereocenters. The maximum atomic E-state index is 13.8. The molecule has 0 saturated carbocycles. The predicted octanol–water partition coefficient (Wildman–Crippen LogP) is 1.64. The highest BCUT2D eigenvalue weighted by atomic mass is 16.5. The van der Waals surface area contributed by atoms with E-state index in [1.54, 1.807) is 62.6 Å². The van der Waals surface area contributed by atoms with Crippen LogP contribution < -0.4 is 30.7 Å². The third-order valence-corrected chi connectivity index (χ3v) is 8.34. The molecule has 4 amide bonds. The van der Waals surface area contributed by atoms with Crippen LogP contribution in [0.25, 0.3) is 22.3 Å². The molecule has 5 aromatic rings. The van der Waals surface area contributed by atoms with Crippen molar-refractivity contribution in [2.75, 3.05) is 26.9 Å². The van der Waals surface area contributed by atoms with E-state index in [9.17, 15) is 24.3 Å². The standard InChI is InChI=1S/C36H38N8O7/c1-21-33-42-32(23-6-4-3-5-7-23)43-44(33)19-31(46)37-14-15-51-25-10-8-22(9-11-25)16-28(34(47)41-30(20-45)36(49)38-21)40-35(48)29-18-24-17-26(50-2)12-13-27(24)39-29/h3-13,17-18,21,28,30,39,45H,14-16,19-20H2,1-2H3,(H,37,46)(H,38,49)(H,40,48)(H,41,47)/t21-,28-,30-/m0/s1. The van der Waals surface area contributed by atoms with Gasteiger partial charge in [0.15, 0.2) is 5.82 Å². The first-order chi connectivity index (χ1) is 24.7. The Hall–Kier alpha value is -6.22. The van der Waals surface area contributed by atoms with Gasteiger partial charge in [0.05, 0.1) is 26.3 Å². The molecule has 0 fully saturated rings. The average molecular weight is 695 g/mol. The Morgan fingerprint density at radius 2 is 1.80 bits per heavy atom. The number of nitrogens with one attached hydrogen (secondary N) is 5. The fraction of sp³-hybridized carbons (Fsp3) is 0.278. The largest absolute Gasteiger partial charge is 0.497 e. The lowest BCUT2D eigenvalue weighted by Gasteiger charge is -2.23. The zero-order chi connectivity index (χ0) is 35.9. The Bertz CT molecular complexity index is 2030. The third kappa shape index (κ3) is 8.33. The Balaban J connectivity index is 1.27. The van der Waals surface area contributed by atoms with E-state index in [1.807, 2.05) is 30.3 Å². The number of carbonyl (C=O) groups excluding carboxylic acids is 4. The number of carbonyl (C=O) groups is 4. The summed E-state index contributed by atoms with van der Waals surface area (Å²) in [7, 11) is 1.55. The summed E-state index contributed by atoms with van der Waals surface area (Å²) >= 11 is 0. The summed E-state index contributed by atoms with van der Waals surface area (Å²) in [6.45, 7) is 1.15. The van der Waals surface area contributed by atoms with E-state index in [4.69, 9.17) is 9.47 Å². The van der Waals surface area contributed by atoms with Crippen molar-refractivity contribution in [3.8, 4) is 22.9 Å². The highest BCUT2D eigenvalue weighted by Crippen LogP contribution is 2.22. The number of aromatic nitrogens is 4. The van der Waals surface area contributed by atoms with Crippen molar-refractivity contribution >= 4 is 34.5 Å². The van der Waals surface area contributed by atoms with Gasteiger partial charge in [0.1, 0.15) is 48.3 Å². The smallest absolute Gasteiger partial charge is 0.268 e.